The topological polar surface area (TPSA) is 19.6 Å². The molecule has 0 fully saturated rings. The van der Waals surface area contributed by atoms with Crippen LogP contribution in [0.1, 0.15) is 0 Å². The molecule has 0 saturated heterocycles. The van der Waals surface area contributed by atoms with Gasteiger partial charge in [0.05, 0.1) is 17.1 Å². The van der Waals surface area contributed by atoms with Crippen molar-refractivity contribution < 1.29 is 4.42 Å². The zero-order valence-corrected chi connectivity index (χ0v) is 36.6. The van der Waals surface area contributed by atoms with Crippen molar-refractivity contribution in [3.05, 3.63) is 243 Å². The molecule has 0 N–H and O–H groups in total. The van der Waals surface area contributed by atoms with Crippen molar-refractivity contribution in [2.45, 2.75) is 0 Å². The molecule has 0 radical (unpaired) electrons. The van der Waals surface area contributed by atoms with E-state index >= 15 is 0 Å². The van der Waals surface area contributed by atoms with Gasteiger partial charge in [-0.25, -0.2) is 0 Å². The lowest BCUT2D eigenvalue weighted by Crippen LogP contribution is -2.11. The highest BCUT2D eigenvalue weighted by Crippen LogP contribution is 2.50. The second-order valence-corrected chi connectivity index (χ2v) is 17.8. The van der Waals surface area contributed by atoms with E-state index in [1.807, 2.05) is 17.4 Å². The van der Waals surface area contributed by atoms with E-state index in [4.69, 9.17) is 4.42 Å². The highest BCUT2D eigenvalue weighted by molar-refractivity contribution is 7.27. The van der Waals surface area contributed by atoms with Crippen molar-refractivity contribution in [2.24, 2.45) is 0 Å². The monoisotopic (exact) mass is 860 g/mol. The Morgan fingerprint density at radius 2 is 0.848 bits per heavy atom. The van der Waals surface area contributed by atoms with Gasteiger partial charge in [-0.15, -0.1) is 11.3 Å². The summed E-state index contributed by atoms with van der Waals surface area (Å²) >= 11 is 1.88. The number of benzene rings is 11. The van der Waals surface area contributed by atoms with Crippen LogP contribution in [0, 0.1) is 0 Å². The molecule has 0 unspecified atom stereocenters. The number of thiophene rings is 1. The normalized spacial score (nSPS) is 11.6. The maximum absolute atomic E-state index is 6.75. The van der Waals surface area contributed by atoms with E-state index in [2.05, 4.69) is 246 Å². The summed E-state index contributed by atoms with van der Waals surface area (Å²) in [5.74, 6) is 0. The van der Waals surface area contributed by atoms with Crippen LogP contribution >= 0.6 is 11.3 Å². The molecule has 0 saturated carbocycles. The van der Waals surface area contributed by atoms with Crippen LogP contribution in [0.2, 0.25) is 0 Å². The number of furan rings is 1. The molecule has 0 bridgehead atoms. The van der Waals surface area contributed by atoms with Crippen LogP contribution < -0.4 is 9.80 Å². The summed E-state index contributed by atoms with van der Waals surface area (Å²) in [6.07, 6.45) is 0. The maximum atomic E-state index is 6.75. The molecule has 3 nitrogen and oxygen atoms in total. The van der Waals surface area contributed by atoms with Crippen LogP contribution in [0.4, 0.5) is 34.1 Å². The average Bonchev–Trinajstić information content (AvgIpc) is 3.97. The minimum Gasteiger partial charge on any atom is -0.454 e. The lowest BCUT2D eigenvalue weighted by molar-refractivity contribution is 0.669. The Morgan fingerprint density at radius 3 is 1.56 bits per heavy atom. The standard InChI is InChI=1S/C62H40N2OS/c1-4-19-41(20-5-1)46-25-12-15-31-55(46)63(43-23-8-3-9-24-43)44-35-37-52-54(39-44)48-27-10-11-29-50(48)60-53-38-36-45(40-59(53)66-62(52)60)64(56-32-16-13-26-47(56)42-21-6-2-7-22-42)57-33-18-30-51-49-28-14-17-34-58(49)65-61(51)57/h1-40H. The Hall–Kier alpha value is -8.44. The van der Waals surface area contributed by atoms with Crippen LogP contribution in [0.25, 0.3) is 85.9 Å². The summed E-state index contributed by atoms with van der Waals surface area (Å²) in [5.41, 5.74) is 12.9. The number of para-hydroxylation sites is 5. The highest BCUT2D eigenvalue weighted by Gasteiger charge is 2.24. The van der Waals surface area contributed by atoms with Gasteiger partial charge in [0, 0.05) is 64.5 Å². The summed E-state index contributed by atoms with van der Waals surface area (Å²) in [6, 6.07) is 87.4. The van der Waals surface area contributed by atoms with E-state index in [9.17, 15) is 0 Å². The molecule has 0 aliphatic heterocycles. The first-order valence-corrected chi connectivity index (χ1v) is 23.2. The van der Waals surface area contributed by atoms with Gasteiger partial charge in [0.2, 0.25) is 0 Å². The number of fused-ring (bicyclic) bond motifs is 11. The zero-order valence-electron chi connectivity index (χ0n) is 35.8. The van der Waals surface area contributed by atoms with Gasteiger partial charge in [0.15, 0.2) is 5.58 Å². The van der Waals surface area contributed by atoms with Gasteiger partial charge in [0.25, 0.3) is 0 Å². The third-order valence-corrected chi connectivity index (χ3v) is 14.2. The van der Waals surface area contributed by atoms with Crippen molar-refractivity contribution >= 4 is 109 Å². The fourth-order valence-corrected chi connectivity index (χ4v) is 11.4. The molecule has 11 aromatic carbocycles. The van der Waals surface area contributed by atoms with Crippen LogP contribution in [-0.4, -0.2) is 0 Å². The fourth-order valence-electron chi connectivity index (χ4n) is 10.1. The molecule has 0 atom stereocenters. The molecule has 4 heteroatoms. The quantitative estimate of drug-likeness (QED) is 0.142. The smallest absolute Gasteiger partial charge is 0.159 e. The van der Waals surface area contributed by atoms with Gasteiger partial charge in [-0.2, -0.15) is 0 Å². The number of rotatable bonds is 8. The predicted octanol–water partition coefficient (Wildman–Crippen LogP) is 18.5. The summed E-state index contributed by atoms with van der Waals surface area (Å²) < 4.78 is 9.27. The minimum atomic E-state index is 0.863. The molecule has 2 aromatic heterocycles. The zero-order chi connectivity index (χ0) is 43.6. The van der Waals surface area contributed by atoms with Crippen LogP contribution in [-0.2, 0) is 0 Å². The molecule has 66 heavy (non-hydrogen) atoms. The molecule has 0 amide bonds. The van der Waals surface area contributed by atoms with Gasteiger partial charge in [0.1, 0.15) is 5.58 Å². The summed E-state index contributed by atoms with van der Waals surface area (Å²) in [6.45, 7) is 0. The van der Waals surface area contributed by atoms with Gasteiger partial charge in [-0.3, -0.25) is 0 Å². The molecular formula is C62H40N2OS. The van der Waals surface area contributed by atoms with Crippen LogP contribution in [0.3, 0.4) is 0 Å². The maximum Gasteiger partial charge on any atom is 0.159 e. The second kappa shape index (κ2) is 15.7. The minimum absolute atomic E-state index is 0.863. The Morgan fingerprint density at radius 1 is 0.318 bits per heavy atom. The first kappa shape index (κ1) is 38.1. The van der Waals surface area contributed by atoms with Crippen molar-refractivity contribution in [1.82, 2.24) is 0 Å². The highest BCUT2D eigenvalue weighted by atomic mass is 32.1. The predicted molar refractivity (Wildman–Crippen MR) is 282 cm³/mol. The average molecular weight is 861 g/mol. The number of nitrogens with zero attached hydrogens (tertiary/aromatic N) is 2. The molecular weight excluding hydrogens is 821 g/mol. The van der Waals surface area contributed by atoms with Gasteiger partial charge in [-0.05, 0) is 87.9 Å². The molecule has 310 valence electrons. The van der Waals surface area contributed by atoms with Crippen LogP contribution in [0.5, 0.6) is 0 Å². The van der Waals surface area contributed by atoms with Crippen molar-refractivity contribution in [1.29, 1.82) is 0 Å². The SMILES string of the molecule is c1ccc(-c2ccccc2N(c2ccccc2)c2ccc3c(c2)c2ccccc2c2c4ccc(N(c5ccccc5-c5ccccc5)c5cccc6c5oc5ccccc56)cc4sc32)cc1. The third kappa shape index (κ3) is 6.18. The summed E-state index contributed by atoms with van der Waals surface area (Å²) in [5, 5.41) is 9.73. The summed E-state index contributed by atoms with van der Waals surface area (Å²) in [7, 11) is 0. The Kier molecular flexibility index (Phi) is 9.03. The van der Waals surface area contributed by atoms with Gasteiger partial charge < -0.3 is 14.2 Å². The fraction of sp³-hybridized carbons (Fsp3) is 0. The third-order valence-electron chi connectivity index (χ3n) is 13.0. The van der Waals surface area contributed by atoms with Gasteiger partial charge >= 0.3 is 0 Å². The van der Waals surface area contributed by atoms with Crippen molar-refractivity contribution in [3.63, 3.8) is 0 Å². The first-order chi connectivity index (χ1) is 32.8. The number of hydrogen-bond donors (Lipinski definition) is 0. The molecule has 13 aromatic rings. The van der Waals surface area contributed by atoms with E-state index in [1.165, 1.54) is 52.8 Å². The Bertz CT molecular complexity index is 3950. The second-order valence-electron chi connectivity index (χ2n) is 16.8. The lowest BCUT2D eigenvalue weighted by atomic mass is 9.96. The van der Waals surface area contributed by atoms with E-state index in [0.29, 0.717) is 0 Å². The van der Waals surface area contributed by atoms with E-state index in [1.54, 1.807) is 0 Å². The molecule has 0 spiro atoms. The van der Waals surface area contributed by atoms with Crippen molar-refractivity contribution in [2.75, 3.05) is 9.80 Å². The summed E-state index contributed by atoms with van der Waals surface area (Å²) in [4.78, 5) is 4.80. The molecule has 0 aliphatic rings. The molecule has 2 heterocycles. The number of hydrogen-bond acceptors (Lipinski definition) is 4. The van der Waals surface area contributed by atoms with E-state index < -0.39 is 0 Å². The first-order valence-electron chi connectivity index (χ1n) is 22.4. The van der Waals surface area contributed by atoms with Crippen molar-refractivity contribution in [3.8, 4) is 22.3 Å². The lowest BCUT2D eigenvalue weighted by Gasteiger charge is -2.28. The molecule has 13 rings (SSSR count). The Labute approximate surface area is 386 Å². The van der Waals surface area contributed by atoms with Crippen LogP contribution in [0.15, 0.2) is 247 Å². The number of anilines is 6. The van der Waals surface area contributed by atoms with Gasteiger partial charge in [-0.1, -0.05) is 182 Å². The molecule has 0 aliphatic carbocycles. The largest absolute Gasteiger partial charge is 0.454 e. The van der Waals surface area contributed by atoms with E-state index in [-0.39, 0.29) is 0 Å². The Balaban J connectivity index is 1.03. The van der Waals surface area contributed by atoms with E-state index in [0.717, 1.165) is 67.2 Å².